The number of rotatable bonds is 7. The van der Waals surface area contributed by atoms with Gasteiger partial charge in [-0.25, -0.2) is 9.59 Å². The van der Waals surface area contributed by atoms with Gasteiger partial charge in [0.25, 0.3) is 0 Å². The Kier molecular flexibility index (Phi) is 4.96. The van der Waals surface area contributed by atoms with Crippen molar-refractivity contribution in [2.75, 3.05) is 0 Å². The molecule has 3 nitrogen and oxygen atoms in total. The van der Waals surface area contributed by atoms with Gasteiger partial charge in [-0.1, -0.05) is 32.3 Å². The highest BCUT2D eigenvalue weighted by Gasteiger charge is 2.30. The van der Waals surface area contributed by atoms with Gasteiger partial charge in [-0.3, -0.25) is 0 Å². The first-order chi connectivity index (χ1) is 7.70. The molecule has 0 aromatic rings. The van der Waals surface area contributed by atoms with Crippen molar-refractivity contribution in [3.05, 3.63) is 23.8 Å². The fourth-order valence-electron chi connectivity index (χ4n) is 1.79. The summed E-state index contributed by atoms with van der Waals surface area (Å²) >= 11 is 0. The minimum atomic E-state index is -0.490. The molecular formula is C13H18O3. The summed E-state index contributed by atoms with van der Waals surface area (Å²) in [5.74, 6) is -0.950. The molecule has 3 heteroatoms. The highest BCUT2D eigenvalue weighted by molar-refractivity contribution is 6.12. The Morgan fingerprint density at radius 3 is 2.44 bits per heavy atom. The lowest BCUT2D eigenvalue weighted by Gasteiger charge is -2.00. The zero-order valence-corrected chi connectivity index (χ0v) is 9.75. The van der Waals surface area contributed by atoms with E-state index in [0.29, 0.717) is 24.0 Å². The van der Waals surface area contributed by atoms with E-state index < -0.39 is 11.9 Å². The lowest BCUT2D eigenvalue weighted by molar-refractivity contribution is -0.151. The van der Waals surface area contributed by atoms with E-state index in [4.69, 9.17) is 0 Å². The molecule has 1 aliphatic rings. The molecule has 0 radical (unpaired) electrons. The van der Waals surface area contributed by atoms with Crippen LogP contribution in [0.15, 0.2) is 23.8 Å². The smallest absolute Gasteiger partial charge is 0.342 e. The van der Waals surface area contributed by atoms with Gasteiger partial charge in [0.1, 0.15) is 0 Å². The summed E-state index contributed by atoms with van der Waals surface area (Å²) in [6, 6.07) is 0. The van der Waals surface area contributed by atoms with E-state index in [1.165, 1.54) is 0 Å². The molecular weight excluding hydrogens is 204 g/mol. The van der Waals surface area contributed by atoms with Gasteiger partial charge in [-0.15, -0.1) is 6.58 Å². The lowest BCUT2D eigenvalue weighted by atomic mass is 10.0. The first-order valence-corrected chi connectivity index (χ1v) is 5.80. The van der Waals surface area contributed by atoms with Crippen molar-refractivity contribution in [3.63, 3.8) is 0 Å². The van der Waals surface area contributed by atoms with E-state index in [1.807, 2.05) is 0 Å². The molecule has 0 saturated heterocycles. The summed E-state index contributed by atoms with van der Waals surface area (Å²) in [6.07, 6.45) is 7.03. The van der Waals surface area contributed by atoms with Gasteiger partial charge in [0.2, 0.25) is 0 Å². The van der Waals surface area contributed by atoms with Crippen LogP contribution in [0.1, 0.15) is 45.4 Å². The highest BCUT2D eigenvalue weighted by Crippen LogP contribution is 2.25. The molecule has 1 rings (SSSR count). The highest BCUT2D eigenvalue weighted by atomic mass is 16.6. The Hall–Kier alpha value is -1.38. The minimum Gasteiger partial charge on any atom is -0.386 e. The van der Waals surface area contributed by atoms with E-state index in [9.17, 15) is 9.59 Å². The first kappa shape index (κ1) is 12.7. The van der Waals surface area contributed by atoms with Gasteiger partial charge in [0.15, 0.2) is 0 Å². The Balaban J connectivity index is 2.60. The number of unbranched alkanes of at least 4 members (excludes halogenated alkanes) is 3. The van der Waals surface area contributed by atoms with E-state index in [2.05, 4.69) is 18.2 Å². The van der Waals surface area contributed by atoms with E-state index in [-0.39, 0.29) is 0 Å². The SMILES string of the molecule is C=CCC1=C(CCCCCC)C(=O)OC1=O. The van der Waals surface area contributed by atoms with Crippen molar-refractivity contribution in [2.45, 2.75) is 45.4 Å². The summed E-state index contributed by atoms with van der Waals surface area (Å²) in [5, 5.41) is 0. The molecule has 0 N–H and O–H groups in total. The largest absolute Gasteiger partial charge is 0.386 e. The second-order valence-electron chi connectivity index (χ2n) is 3.94. The van der Waals surface area contributed by atoms with Crippen LogP contribution in [0.5, 0.6) is 0 Å². The minimum absolute atomic E-state index is 0.424. The molecule has 0 aromatic carbocycles. The molecule has 0 unspecified atom stereocenters. The van der Waals surface area contributed by atoms with Gasteiger partial charge < -0.3 is 4.74 Å². The van der Waals surface area contributed by atoms with Crippen LogP contribution < -0.4 is 0 Å². The third kappa shape index (κ3) is 3.05. The van der Waals surface area contributed by atoms with Crippen LogP contribution in [0.25, 0.3) is 0 Å². The second kappa shape index (κ2) is 6.26. The number of cyclic esters (lactones) is 2. The summed E-state index contributed by atoms with van der Waals surface area (Å²) < 4.78 is 4.60. The molecule has 0 saturated carbocycles. The summed E-state index contributed by atoms with van der Waals surface area (Å²) in [5.41, 5.74) is 1.05. The number of esters is 2. The quantitative estimate of drug-likeness (QED) is 0.288. The molecule has 0 aliphatic carbocycles. The van der Waals surface area contributed by atoms with Crippen LogP contribution in [0.3, 0.4) is 0 Å². The average Bonchev–Trinajstić information content (AvgIpc) is 2.51. The third-order valence-corrected chi connectivity index (χ3v) is 2.67. The van der Waals surface area contributed by atoms with Gasteiger partial charge in [0, 0.05) is 5.57 Å². The molecule has 0 aromatic heterocycles. The van der Waals surface area contributed by atoms with Crippen LogP contribution in [0, 0.1) is 0 Å². The van der Waals surface area contributed by atoms with Crippen molar-refractivity contribution in [3.8, 4) is 0 Å². The van der Waals surface area contributed by atoms with Gasteiger partial charge >= 0.3 is 11.9 Å². The molecule has 0 bridgehead atoms. The van der Waals surface area contributed by atoms with Crippen molar-refractivity contribution in [1.82, 2.24) is 0 Å². The topological polar surface area (TPSA) is 43.4 Å². The number of hydrogen-bond acceptors (Lipinski definition) is 3. The molecule has 0 atom stereocenters. The number of carbonyl (C=O) groups excluding carboxylic acids is 2. The maximum Gasteiger partial charge on any atom is 0.342 e. The van der Waals surface area contributed by atoms with Crippen LogP contribution >= 0.6 is 0 Å². The maximum atomic E-state index is 11.4. The Morgan fingerprint density at radius 1 is 1.12 bits per heavy atom. The molecule has 0 fully saturated rings. The predicted octanol–water partition coefficient (Wildman–Crippen LogP) is 2.91. The lowest BCUT2D eigenvalue weighted by Crippen LogP contribution is -2.02. The zero-order chi connectivity index (χ0) is 12.0. The average molecular weight is 222 g/mol. The Morgan fingerprint density at radius 2 is 1.81 bits per heavy atom. The normalized spacial score (nSPS) is 15.6. The molecule has 88 valence electrons. The molecule has 1 aliphatic heterocycles. The molecule has 1 heterocycles. The standard InChI is InChI=1S/C13H18O3/c1-3-5-6-7-9-11-10(8-4-2)12(14)16-13(11)15/h4H,2-3,5-9H2,1H3. The molecule has 16 heavy (non-hydrogen) atoms. The number of carbonyl (C=O) groups is 2. The monoisotopic (exact) mass is 222 g/mol. The van der Waals surface area contributed by atoms with E-state index in [1.54, 1.807) is 6.08 Å². The van der Waals surface area contributed by atoms with Crippen LogP contribution in [0.2, 0.25) is 0 Å². The molecule has 0 amide bonds. The van der Waals surface area contributed by atoms with E-state index in [0.717, 1.165) is 25.7 Å². The summed E-state index contributed by atoms with van der Waals surface area (Å²) in [7, 11) is 0. The van der Waals surface area contributed by atoms with Crippen molar-refractivity contribution in [2.24, 2.45) is 0 Å². The van der Waals surface area contributed by atoms with Gasteiger partial charge in [-0.2, -0.15) is 0 Å². The van der Waals surface area contributed by atoms with Crippen molar-refractivity contribution in [1.29, 1.82) is 0 Å². The number of ether oxygens (including phenoxy) is 1. The zero-order valence-electron chi connectivity index (χ0n) is 9.75. The van der Waals surface area contributed by atoms with Crippen LogP contribution in [-0.2, 0) is 14.3 Å². The predicted molar refractivity (Wildman–Crippen MR) is 61.7 cm³/mol. The fraction of sp³-hybridized carbons (Fsp3) is 0.538. The Labute approximate surface area is 96.2 Å². The van der Waals surface area contributed by atoms with Gasteiger partial charge in [0.05, 0.1) is 5.57 Å². The van der Waals surface area contributed by atoms with Crippen molar-refractivity contribution >= 4 is 11.9 Å². The third-order valence-electron chi connectivity index (χ3n) is 2.67. The molecule has 0 spiro atoms. The number of allylic oxidation sites excluding steroid dienone is 1. The van der Waals surface area contributed by atoms with E-state index >= 15 is 0 Å². The summed E-state index contributed by atoms with van der Waals surface area (Å²) in [6.45, 7) is 5.71. The second-order valence-corrected chi connectivity index (χ2v) is 3.94. The van der Waals surface area contributed by atoms with Crippen molar-refractivity contribution < 1.29 is 14.3 Å². The van der Waals surface area contributed by atoms with Crippen LogP contribution in [-0.4, -0.2) is 11.9 Å². The van der Waals surface area contributed by atoms with Gasteiger partial charge in [-0.05, 0) is 19.3 Å². The number of hydrogen-bond donors (Lipinski definition) is 0. The fourth-order valence-corrected chi connectivity index (χ4v) is 1.79. The Bertz CT molecular complexity index is 326. The summed E-state index contributed by atoms with van der Waals surface area (Å²) in [4.78, 5) is 22.7. The van der Waals surface area contributed by atoms with Crippen LogP contribution in [0.4, 0.5) is 0 Å². The maximum absolute atomic E-state index is 11.4. The first-order valence-electron chi connectivity index (χ1n) is 5.80.